The first-order valence-electron chi connectivity index (χ1n) is 4.54. The molecular weight excluding hydrogens is 138 g/mol. The van der Waals surface area contributed by atoms with E-state index in [-0.39, 0.29) is 0 Å². The third-order valence-electron chi connectivity index (χ3n) is 2.19. The maximum Gasteiger partial charge on any atom is 0.0581 e. The highest BCUT2D eigenvalue weighted by Crippen LogP contribution is 2.29. The second-order valence-corrected chi connectivity index (χ2v) is 3.92. The molecule has 0 radical (unpaired) electrons. The summed E-state index contributed by atoms with van der Waals surface area (Å²) in [5.74, 6) is 1.40. The lowest BCUT2D eigenvalue weighted by molar-refractivity contribution is -0.0383. The first-order chi connectivity index (χ1) is 5.22. The largest absolute Gasteiger partial charge is 0.378 e. The first-order valence-corrected chi connectivity index (χ1v) is 4.54. The number of hydrogen-bond acceptors (Lipinski definition) is 2. The van der Waals surface area contributed by atoms with Gasteiger partial charge in [-0.25, -0.2) is 0 Å². The van der Waals surface area contributed by atoms with E-state index in [9.17, 15) is 0 Å². The van der Waals surface area contributed by atoms with Crippen molar-refractivity contribution < 1.29 is 4.74 Å². The molecule has 1 rings (SSSR count). The molecule has 1 aliphatic rings. The van der Waals surface area contributed by atoms with Crippen LogP contribution in [0.4, 0.5) is 0 Å². The van der Waals surface area contributed by atoms with Crippen molar-refractivity contribution in [2.45, 2.75) is 32.8 Å². The van der Waals surface area contributed by atoms with Gasteiger partial charge in [0.05, 0.1) is 6.10 Å². The zero-order valence-electron chi connectivity index (χ0n) is 7.55. The molecule has 0 aromatic rings. The monoisotopic (exact) mass is 157 g/mol. The summed E-state index contributed by atoms with van der Waals surface area (Å²) in [6, 6.07) is 0. The van der Waals surface area contributed by atoms with E-state index in [1.165, 1.54) is 12.8 Å². The molecule has 0 heterocycles. The van der Waals surface area contributed by atoms with Gasteiger partial charge in [0, 0.05) is 6.61 Å². The predicted molar refractivity (Wildman–Crippen MR) is 46.4 cm³/mol. The van der Waals surface area contributed by atoms with Crippen LogP contribution >= 0.6 is 0 Å². The topological polar surface area (TPSA) is 35.2 Å². The van der Waals surface area contributed by atoms with E-state index < -0.39 is 0 Å². The average Bonchev–Trinajstić information content (AvgIpc) is 1.84. The Kier molecular flexibility index (Phi) is 3.34. The maximum atomic E-state index is 5.62. The summed E-state index contributed by atoms with van der Waals surface area (Å²) in [5.41, 5.74) is 5.50. The Morgan fingerprint density at radius 2 is 2.09 bits per heavy atom. The Balaban J connectivity index is 1.96. The summed E-state index contributed by atoms with van der Waals surface area (Å²) >= 11 is 0. The van der Waals surface area contributed by atoms with Crippen LogP contribution in [0.5, 0.6) is 0 Å². The minimum Gasteiger partial charge on any atom is -0.378 e. The van der Waals surface area contributed by atoms with E-state index in [0.717, 1.165) is 19.1 Å². The number of ether oxygens (including phenoxy) is 1. The van der Waals surface area contributed by atoms with Crippen molar-refractivity contribution in [2.75, 3.05) is 13.2 Å². The maximum absolute atomic E-state index is 5.62. The molecule has 0 amide bonds. The molecule has 66 valence electrons. The zero-order valence-corrected chi connectivity index (χ0v) is 7.55. The molecule has 0 aliphatic heterocycles. The molecule has 0 bridgehead atoms. The van der Waals surface area contributed by atoms with Crippen molar-refractivity contribution in [2.24, 2.45) is 17.6 Å². The second kappa shape index (κ2) is 4.07. The van der Waals surface area contributed by atoms with Crippen molar-refractivity contribution >= 4 is 0 Å². The minimum absolute atomic E-state index is 0.519. The second-order valence-electron chi connectivity index (χ2n) is 3.92. The SMILES string of the molecule is CC(C)COC1CC(CN)C1. The van der Waals surface area contributed by atoms with Gasteiger partial charge in [-0.2, -0.15) is 0 Å². The average molecular weight is 157 g/mol. The van der Waals surface area contributed by atoms with Gasteiger partial charge in [0.2, 0.25) is 0 Å². The molecule has 0 aromatic carbocycles. The molecular formula is C9H19NO. The van der Waals surface area contributed by atoms with Crippen molar-refractivity contribution in [1.29, 1.82) is 0 Å². The highest BCUT2D eigenvalue weighted by Gasteiger charge is 2.28. The summed E-state index contributed by atoms with van der Waals surface area (Å²) in [5, 5.41) is 0. The van der Waals surface area contributed by atoms with Crippen LogP contribution in [-0.4, -0.2) is 19.3 Å². The lowest BCUT2D eigenvalue weighted by atomic mass is 9.82. The van der Waals surface area contributed by atoms with E-state index in [1.807, 2.05) is 0 Å². The number of nitrogens with two attached hydrogens (primary N) is 1. The van der Waals surface area contributed by atoms with Gasteiger partial charge < -0.3 is 10.5 Å². The van der Waals surface area contributed by atoms with Crippen LogP contribution in [0.2, 0.25) is 0 Å². The van der Waals surface area contributed by atoms with E-state index in [2.05, 4.69) is 13.8 Å². The Morgan fingerprint density at radius 1 is 1.45 bits per heavy atom. The summed E-state index contributed by atoms with van der Waals surface area (Å²) in [7, 11) is 0. The van der Waals surface area contributed by atoms with Crippen molar-refractivity contribution in [3.8, 4) is 0 Å². The fourth-order valence-electron chi connectivity index (χ4n) is 1.33. The van der Waals surface area contributed by atoms with Crippen LogP contribution in [0.25, 0.3) is 0 Å². The molecule has 2 heteroatoms. The van der Waals surface area contributed by atoms with Gasteiger partial charge in [-0.1, -0.05) is 13.8 Å². The molecule has 11 heavy (non-hydrogen) atoms. The van der Waals surface area contributed by atoms with Gasteiger partial charge in [-0.15, -0.1) is 0 Å². The Morgan fingerprint density at radius 3 is 2.55 bits per heavy atom. The Bertz CT molecular complexity index is 108. The molecule has 2 N–H and O–H groups in total. The predicted octanol–water partition coefficient (Wildman–Crippen LogP) is 1.40. The quantitative estimate of drug-likeness (QED) is 0.669. The van der Waals surface area contributed by atoms with Crippen LogP contribution in [-0.2, 0) is 4.74 Å². The summed E-state index contributed by atoms with van der Waals surface area (Å²) in [6.45, 7) is 6.10. The fraction of sp³-hybridized carbons (Fsp3) is 1.00. The zero-order chi connectivity index (χ0) is 8.27. The van der Waals surface area contributed by atoms with Gasteiger partial charge in [-0.3, -0.25) is 0 Å². The molecule has 1 saturated carbocycles. The third-order valence-corrected chi connectivity index (χ3v) is 2.19. The first kappa shape index (κ1) is 9.01. The molecule has 0 unspecified atom stereocenters. The molecule has 0 saturated heterocycles. The Hall–Kier alpha value is -0.0800. The summed E-state index contributed by atoms with van der Waals surface area (Å²) in [6.07, 6.45) is 2.89. The molecule has 2 nitrogen and oxygen atoms in total. The van der Waals surface area contributed by atoms with Crippen molar-refractivity contribution in [3.63, 3.8) is 0 Å². The number of hydrogen-bond donors (Lipinski definition) is 1. The highest BCUT2D eigenvalue weighted by atomic mass is 16.5. The van der Waals surface area contributed by atoms with Crippen LogP contribution in [0.15, 0.2) is 0 Å². The summed E-state index contributed by atoms with van der Waals surface area (Å²) < 4.78 is 5.62. The van der Waals surface area contributed by atoms with Crippen LogP contribution in [0, 0.1) is 11.8 Å². The van der Waals surface area contributed by atoms with Gasteiger partial charge in [0.25, 0.3) is 0 Å². The van der Waals surface area contributed by atoms with Gasteiger partial charge in [-0.05, 0) is 31.2 Å². The minimum atomic E-state index is 0.519. The molecule has 1 aliphatic carbocycles. The molecule has 1 fully saturated rings. The highest BCUT2D eigenvalue weighted by molar-refractivity contribution is 4.80. The van der Waals surface area contributed by atoms with E-state index in [0.29, 0.717) is 12.0 Å². The molecule has 0 atom stereocenters. The van der Waals surface area contributed by atoms with Crippen LogP contribution in [0.1, 0.15) is 26.7 Å². The number of rotatable bonds is 4. The normalized spacial score (nSPS) is 30.5. The fourth-order valence-corrected chi connectivity index (χ4v) is 1.33. The van der Waals surface area contributed by atoms with Crippen molar-refractivity contribution in [1.82, 2.24) is 0 Å². The lowest BCUT2D eigenvalue weighted by Gasteiger charge is -2.34. The third kappa shape index (κ3) is 2.80. The van der Waals surface area contributed by atoms with E-state index in [1.54, 1.807) is 0 Å². The Labute approximate surface area is 69.1 Å². The van der Waals surface area contributed by atoms with Crippen LogP contribution in [0.3, 0.4) is 0 Å². The van der Waals surface area contributed by atoms with Gasteiger partial charge >= 0.3 is 0 Å². The van der Waals surface area contributed by atoms with Crippen molar-refractivity contribution in [3.05, 3.63) is 0 Å². The van der Waals surface area contributed by atoms with Gasteiger partial charge in [0.15, 0.2) is 0 Å². The molecule has 0 aromatic heterocycles. The van der Waals surface area contributed by atoms with E-state index >= 15 is 0 Å². The van der Waals surface area contributed by atoms with E-state index in [4.69, 9.17) is 10.5 Å². The van der Waals surface area contributed by atoms with Gasteiger partial charge in [0.1, 0.15) is 0 Å². The lowest BCUT2D eigenvalue weighted by Crippen LogP contribution is -2.36. The van der Waals surface area contributed by atoms with Crippen LogP contribution < -0.4 is 5.73 Å². The smallest absolute Gasteiger partial charge is 0.0581 e. The summed E-state index contributed by atoms with van der Waals surface area (Å²) in [4.78, 5) is 0. The molecule has 0 spiro atoms. The standard InChI is InChI=1S/C9H19NO/c1-7(2)6-11-9-3-8(4-9)5-10/h7-9H,3-6,10H2,1-2H3.